The lowest BCUT2D eigenvalue weighted by Crippen LogP contribution is -2.46. The van der Waals surface area contributed by atoms with Crippen molar-refractivity contribution in [2.24, 2.45) is 0 Å². The van der Waals surface area contributed by atoms with Crippen molar-refractivity contribution in [2.75, 3.05) is 13.1 Å². The van der Waals surface area contributed by atoms with Crippen LogP contribution in [0.3, 0.4) is 0 Å². The van der Waals surface area contributed by atoms with Crippen molar-refractivity contribution < 1.29 is 14.0 Å². The first-order chi connectivity index (χ1) is 13.0. The van der Waals surface area contributed by atoms with Gasteiger partial charge in [0.2, 0.25) is 5.91 Å². The van der Waals surface area contributed by atoms with Gasteiger partial charge in [-0.25, -0.2) is 4.39 Å². The van der Waals surface area contributed by atoms with Gasteiger partial charge in [0.05, 0.1) is 5.02 Å². The highest BCUT2D eigenvalue weighted by atomic mass is 35.5. The number of likely N-dealkylation sites (tertiary alicyclic amines) is 1. The lowest BCUT2D eigenvalue weighted by Gasteiger charge is -2.31. The molecule has 0 aromatic heterocycles. The minimum atomic E-state index is -0.486. The van der Waals surface area contributed by atoms with Gasteiger partial charge in [-0.05, 0) is 48.7 Å². The van der Waals surface area contributed by atoms with Gasteiger partial charge in [0.25, 0.3) is 5.91 Å². The van der Waals surface area contributed by atoms with Crippen LogP contribution in [-0.2, 0) is 4.79 Å². The molecule has 0 aliphatic carbocycles. The zero-order valence-electron chi connectivity index (χ0n) is 14.7. The highest BCUT2D eigenvalue weighted by Crippen LogP contribution is 2.17. The summed E-state index contributed by atoms with van der Waals surface area (Å²) in [6, 6.07) is 13.5. The third-order valence-corrected chi connectivity index (χ3v) is 4.83. The first kappa shape index (κ1) is 19.1. The molecule has 0 unspecified atom stereocenters. The van der Waals surface area contributed by atoms with E-state index in [4.69, 9.17) is 11.6 Å². The number of rotatable bonds is 4. The Hall–Kier alpha value is -2.66. The van der Waals surface area contributed by atoms with Crippen LogP contribution in [0, 0.1) is 5.82 Å². The second-order valence-electron chi connectivity index (χ2n) is 6.45. The van der Waals surface area contributed by atoms with Gasteiger partial charge < -0.3 is 10.2 Å². The van der Waals surface area contributed by atoms with Crippen LogP contribution < -0.4 is 5.32 Å². The third-order valence-electron chi connectivity index (χ3n) is 4.54. The molecule has 6 heteroatoms. The molecule has 0 bridgehead atoms. The topological polar surface area (TPSA) is 49.4 Å². The Morgan fingerprint density at radius 3 is 2.48 bits per heavy atom. The van der Waals surface area contributed by atoms with E-state index in [9.17, 15) is 14.0 Å². The molecule has 2 aromatic rings. The monoisotopic (exact) mass is 386 g/mol. The van der Waals surface area contributed by atoms with E-state index >= 15 is 0 Å². The van der Waals surface area contributed by atoms with Crippen LogP contribution in [0.25, 0.3) is 6.08 Å². The highest BCUT2D eigenvalue weighted by molar-refractivity contribution is 6.30. The molecule has 1 N–H and O–H groups in total. The lowest BCUT2D eigenvalue weighted by molar-refractivity contribution is -0.126. The molecule has 1 aliphatic heterocycles. The molecule has 3 rings (SSSR count). The summed E-state index contributed by atoms with van der Waals surface area (Å²) in [6.07, 6.45) is 4.50. The largest absolute Gasteiger partial charge is 0.349 e. The Kier molecular flexibility index (Phi) is 6.24. The number of halogens is 2. The number of nitrogens with one attached hydrogen (secondary N) is 1. The van der Waals surface area contributed by atoms with E-state index in [1.54, 1.807) is 29.2 Å². The van der Waals surface area contributed by atoms with Gasteiger partial charge in [0.1, 0.15) is 5.82 Å². The minimum Gasteiger partial charge on any atom is -0.349 e. The Morgan fingerprint density at radius 2 is 1.81 bits per heavy atom. The maximum absolute atomic E-state index is 13.2. The van der Waals surface area contributed by atoms with E-state index in [2.05, 4.69) is 5.32 Å². The molecule has 0 saturated carbocycles. The predicted octanol–water partition coefficient (Wildman–Crippen LogP) is 3.91. The fourth-order valence-electron chi connectivity index (χ4n) is 2.99. The number of nitrogens with zero attached hydrogens (tertiary/aromatic N) is 1. The summed E-state index contributed by atoms with van der Waals surface area (Å²) < 4.78 is 13.2. The average Bonchev–Trinajstić information content (AvgIpc) is 2.70. The number of hydrogen-bond donors (Lipinski definition) is 1. The molecule has 1 heterocycles. The molecular weight excluding hydrogens is 367 g/mol. The van der Waals surface area contributed by atoms with Crippen LogP contribution in [0.1, 0.15) is 28.8 Å². The number of amides is 2. The van der Waals surface area contributed by atoms with Crippen LogP contribution >= 0.6 is 11.6 Å². The third kappa shape index (κ3) is 5.17. The number of piperidine rings is 1. The zero-order chi connectivity index (χ0) is 19.2. The molecule has 4 nitrogen and oxygen atoms in total. The Bertz CT molecular complexity index is 847. The van der Waals surface area contributed by atoms with Crippen LogP contribution in [0.4, 0.5) is 4.39 Å². The summed E-state index contributed by atoms with van der Waals surface area (Å²) in [7, 11) is 0. The zero-order valence-corrected chi connectivity index (χ0v) is 15.5. The Labute approximate surface area is 162 Å². The van der Waals surface area contributed by atoms with Crippen LogP contribution in [-0.4, -0.2) is 35.8 Å². The SMILES string of the molecule is O=C(NC1CCN(C(=O)/C=C/c2ccc(F)c(Cl)c2)CC1)c1ccccc1. The quantitative estimate of drug-likeness (QED) is 0.810. The summed E-state index contributed by atoms with van der Waals surface area (Å²) >= 11 is 5.74. The molecule has 1 aliphatic rings. The van der Waals surface area contributed by atoms with Crippen molar-refractivity contribution in [1.29, 1.82) is 0 Å². The number of hydrogen-bond acceptors (Lipinski definition) is 2. The first-order valence-corrected chi connectivity index (χ1v) is 9.18. The highest BCUT2D eigenvalue weighted by Gasteiger charge is 2.23. The second kappa shape index (κ2) is 8.82. The van der Waals surface area contributed by atoms with Gasteiger partial charge in [-0.1, -0.05) is 35.9 Å². The van der Waals surface area contributed by atoms with Crippen molar-refractivity contribution in [3.63, 3.8) is 0 Å². The molecule has 0 radical (unpaired) electrons. The Balaban J connectivity index is 1.49. The van der Waals surface area contributed by atoms with Crippen molar-refractivity contribution in [1.82, 2.24) is 10.2 Å². The summed E-state index contributed by atoms with van der Waals surface area (Å²) in [5, 5.41) is 3.05. The van der Waals surface area contributed by atoms with Crippen molar-refractivity contribution in [2.45, 2.75) is 18.9 Å². The molecule has 140 valence electrons. The molecule has 2 amide bonds. The fourth-order valence-corrected chi connectivity index (χ4v) is 3.18. The smallest absolute Gasteiger partial charge is 0.251 e. The summed E-state index contributed by atoms with van der Waals surface area (Å²) in [6.45, 7) is 1.15. The molecule has 1 saturated heterocycles. The van der Waals surface area contributed by atoms with E-state index < -0.39 is 5.82 Å². The van der Waals surface area contributed by atoms with Crippen LogP contribution in [0.5, 0.6) is 0 Å². The maximum atomic E-state index is 13.2. The first-order valence-electron chi connectivity index (χ1n) is 8.81. The maximum Gasteiger partial charge on any atom is 0.251 e. The standard InChI is InChI=1S/C21H20ClFN2O2/c22-18-14-15(6-8-19(18)23)7-9-20(26)25-12-10-17(11-13-25)24-21(27)16-4-2-1-3-5-16/h1-9,14,17H,10-13H2,(H,24,27)/b9-7+. The van der Waals surface area contributed by atoms with E-state index in [0.29, 0.717) is 37.1 Å². The van der Waals surface area contributed by atoms with Gasteiger partial charge in [-0.3, -0.25) is 9.59 Å². The van der Waals surface area contributed by atoms with Crippen molar-refractivity contribution in [3.8, 4) is 0 Å². The second-order valence-corrected chi connectivity index (χ2v) is 6.85. The molecule has 27 heavy (non-hydrogen) atoms. The molecule has 2 aromatic carbocycles. The van der Waals surface area contributed by atoms with Gasteiger partial charge in [0, 0.05) is 30.8 Å². The summed E-state index contributed by atoms with van der Waals surface area (Å²) in [5.41, 5.74) is 1.30. The normalized spacial score (nSPS) is 15.1. The lowest BCUT2D eigenvalue weighted by atomic mass is 10.0. The molecular formula is C21H20ClFN2O2. The number of benzene rings is 2. The number of carbonyl (C=O) groups excluding carboxylic acids is 2. The van der Waals surface area contributed by atoms with Crippen LogP contribution in [0.15, 0.2) is 54.6 Å². The molecule has 0 spiro atoms. The van der Waals surface area contributed by atoms with E-state index in [1.807, 2.05) is 18.2 Å². The van der Waals surface area contributed by atoms with Crippen LogP contribution in [0.2, 0.25) is 5.02 Å². The van der Waals surface area contributed by atoms with Gasteiger partial charge in [-0.2, -0.15) is 0 Å². The van der Waals surface area contributed by atoms with E-state index in [1.165, 1.54) is 18.2 Å². The van der Waals surface area contributed by atoms with Crippen molar-refractivity contribution >= 4 is 29.5 Å². The summed E-state index contributed by atoms with van der Waals surface area (Å²) in [4.78, 5) is 26.3. The summed E-state index contributed by atoms with van der Waals surface area (Å²) in [5.74, 6) is -0.684. The Morgan fingerprint density at radius 1 is 1.11 bits per heavy atom. The van der Waals surface area contributed by atoms with Crippen molar-refractivity contribution in [3.05, 3.63) is 76.6 Å². The minimum absolute atomic E-state index is 0.0274. The average molecular weight is 387 g/mol. The molecule has 1 fully saturated rings. The van der Waals surface area contributed by atoms with E-state index in [-0.39, 0.29) is 22.9 Å². The van der Waals surface area contributed by atoms with Gasteiger partial charge in [0.15, 0.2) is 0 Å². The van der Waals surface area contributed by atoms with E-state index in [0.717, 1.165) is 0 Å². The fraction of sp³-hybridized carbons (Fsp3) is 0.238. The molecule has 0 atom stereocenters. The van der Waals surface area contributed by atoms with Gasteiger partial charge in [-0.15, -0.1) is 0 Å². The van der Waals surface area contributed by atoms with Gasteiger partial charge >= 0.3 is 0 Å². The predicted molar refractivity (Wildman–Crippen MR) is 104 cm³/mol. The number of carbonyl (C=O) groups is 2.